The summed E-state index contributed by atoms with van der Waals surface area (Å²) >= 11 is 0. The summed E-state index contributed by atoms with van der Waals surface area (Å²) in [6.45, 7) is 1.11. The fourth-order valence-corrected chi connectivity index (χ4v) is 4.96. The highest BCUT2D eigenvalue weighted by molar-refractivity contribution is 6.01. The fourth-order valence-electron chi connectivity index (χ4n) is 4.96. The van der Waals surface area contributed by atoms with Crippen molar-refractivity contribution in [2.45, 2.75) is 31.2 Å². The number of carbonyl (C=O) groups excluding carboxylic acids is 1. The fraction of sp³-hybridized carbons (Fsp3) is 0.320. The van der Waals surface area contributed by atoms with Crippen LogP contribution in [0, 0.1) is 11.6 Å². The minimum absolute atomic E-state index is 0.0165. The Hall–Kier alpha value is -4.26. The van der Waals surface area contributed by atoms with Crippen LogP contribution in [0.5, 0.6) is 0 Å². The smallest absolute Gasteiger partial charge is 0.294 e. The first-order valence-corrected chi connectivity index (χ1v) is 12.1. The molecule has 2 aliphatic rings. The Morgan fingerprint density at radius 2 is 1.87 bits per heavy atom. The van der Waals surface area contributed by atoms with Crippen molar-refractivity contribution in [3.05, 3.63) is 71.9 Å². The monoisotopic (exact) mass is 524 g/mol. The Morgan fingerprint density at radius 1 is 1.05 bits per heavy atom. The normalized spacial score (nSPS) is 21.4. The minimum atomic E-state index is -1.26. The second-order valence-electron chi connectivity index (χ2n) is 9.38. The van der Waals surface area contributed by atoms with E-state index in [0.29, 0.717) is 36.7 Å². The first-order chi connectivity index (χ1) is 18.4. The second kappa shape index (κ2) is 9.56. The van der Waals surface area contributed by atoms with E-state index in [1.807, 2.05) is 4.90 Å². The van der Waals surface area contributed by atoms with Crippen LogP contribution in [-0.4, -0.2) is 67.5 Å². The number of nitrogens with one attached hydrogen (secondary N) is 1. The Morgan fingerprint density at radius 3 is 2.63 bits per heavy atom. The molecule has 196 valence electrons. The molecular weight excluding hydrogens is 501 g/mol. The molecular formula is C25H23F3N8O2. The van der Waals surface area contributed by atoms with Crippen LogP contribution in [0.1, 0.15) is 35.1 Å². The van der Waals surface area contributed by atoms with Crippen molar-refractivity contribution in [2.75, 3.05) is 34.8 Å². The predicted octanol–water partition coefficient (Wildman–Crippen LogP) is 2.91. The van der Waals surface area contributed by atoms with Crippen molar-refractivity contribution >= 4 is 28.9 Å². The molecule has 0 saturated carbocycles. The molecule has 38 heavy (non-hydrogen) atoms. The lowest BCUT2D eigenvalue weighted by Gasteiger charge is -2.26. The molecule has 0 unspecified atom stereocenters. The second-order valence-corrected chi connectivity index (χ2v) is 9.38. The van der Waals surface area contributed by atoms with Crippen LogP contribution in [0.25, 0.3) is 5.65 Å². The Kier molecular flexibility index (Phi) is 6.06. The summed E-state index contributed by atoms with van der Waals surface area (Å²) in [7, 11) is 0. The first-order valence-electron chi connectivity index (χ1n) is 12.1. The van der Waals surface area contributed by atoms with Gasteiger partial charge in [0.25, 0.3) is 5.91 Å². The lowest BCUT2D eigenvalue weighted by molar-refractivity contribution is 0.101. The molecule has 2 fully saturated rings. The largest absolute Gasteiger partial charge is 0.391 e. The highest BCUT2D eigenvalue weighted by Crippen LogP contribution is 2.38. The number of halogens is 3. The predicted molar refractivity (Wildman–Crippen MR) is 132 cm³/mol. The standard InChI is InChI=1S/C25H23F3N8O2/c26-14-1-2-19(28)18(7-14)20-8-15(27)12-35(20)22-4-3-21-29-11-23(36(21)33-22)32-25(38)24-30-9-16(10-31-24)34-6-5-17(37)13-34/h1-4,7,9-11,15,17,20,37H,5-6,8,12-13H2,(H,32,38)/t15-,17-,20+/m0/s1. The number of fused-ring (bicyclic) bond motifs is 1. The van der Waals surface area contributed by atoms with E-state index in [1.165, 1.54) is 23.1 Å². The number of anilines is 3. The van der Waals surface area contributed by atoms with Gasteiger partial charge in [0.15, 0.2) is 11.5 Å². The molecule has 1 aromatic carbocycles. The molecule has 2 saturated heterocycles. The summed E-state index contributed by atoms with van der Waals surface area (Å²) in [4.78, 5) is 28.9. The van der Waals surface area contributed by atoms with Gasteiger partial charge >= 0.3 is 0 Å². The topological polar surface area (TPSA) is 112 Å². The molecule has 2 N–H and O–H groups in total. The number of rotatable bonds is 5. The van der Waals surface area contributed by atoms with Gasteiger partial charge in [0.2, 0.25) is 5.82 Å². The third kappa shape index (κ3) is 4.49. The number of carbonyl (C=O) groups is 1. The lowest BCUT2D eigenvalue weighted by atomic mass is 10.0. The maximum atomic E-state index is 14.5. The number of aliphatic hydroxyl groups excluding tert-OH is 1. The average molecular weight is 525 g/mol. The minimum Gasteiger partial charge on any atom is -0.391 e. The molecule has 1 amide bonds. The molecule has 0 aliphatic carbocycles. The number of imidazole rings is 1. The van der Waals surface area contributed by atoms with Gasteiger partial charge in [0.1, 0.15) is 23.6 Å². The van der Waals surface area contributed by atoms with Crippen LogP contribution in [0.4, 0.5) is 30.5 Å². The van der Waals surface area contributed by atoms with Crippen molar-refractivity contribution in [1.82, 2.24) is 24.6 Å². The van der Waals surface area contributed by atoms with Crippen molar-refractivity contribution in [3.63, 3.8) is 0 Å². The van der Waals surface area contributed by atoms with E-state index in [4.69, 9.17) is 0 Å². The third-order valence-corrected chi connectivity index (χ3v) is 6.82. The van der Waals surface area contributed by atoms with Gasteiger partial charge < -0.3 is 20.2 Å². The molecule has 0 spiro atoms. The molecule has 0 bridgehead atoms. The highest BCUT2D eigenvalue weighted by atomic mass is 19.1. The van der Waals surface area contributed by atoms with E-state index < -0.39 is 35.9 Å². The van der Waals surface area contributed by atoms with Crippen LogP contribution in [-0.2, 0) is 0 Å². The van der Waals surface area contributed by atoms with Crippen molar-refractivity contribution in [2.24, 2.45) is 0 Å². The quantitative estimate of drug-likeness (QED) is 0.410. The number of amides is 1. The van der Waals surface area contributed by atoms with Crippen molar-refractivity contribution < 1.29 is 23.1 Å². The summed E-state index contributed by atoms with van der Waals surface area (Å²) in [5.41, 5.74) is 1.17. The summed E-state index contributed by atoms with van der Waals surface area (Å²) in [6.07, 6.45) is 3.45. The number of β-amino-alcohol motifs (C(OH)–C–C–N with tert-alkyl or cyclic N) is 1. The average Bonchev–Trinajstić information content (AvgIpc) is 3.64. The Labute approximate surface area is 214 Å². The Bertz CT molecular complexity index is 1500. The zero-order valence-electron chi connectivity index (χ0n) is 20.0. The zero-order valence-corrected chi connectivity index (χ0v) is 20.0. The molecule has 3 atom stereocenters. The van der Waals surface area contributed by atoms with Crippen LogP contribution in [0.15, 0.2) is 48.9 Å². The van der Waals surface area contributed by atoms with Gasteiger partial charge in [-0.15, -0.1) is 5.10 Å². The van der Waals surface area contributed by atoms with E-state index in [-0.39, 0.29) is 30.2 Å². The lowest BCUT2D eigenvalue weighted by Crippen LogP contribution is -2.26. The van der Waals surface area contributed by atoms with Crippen LogP contribution >= 0.6 is 0 Å². The van der Waals surface area contributed by atoms with E-state index >= 15 is 0 Å². The number of benzene rings is 1. The molecule has 4 aromatic rings. The molecule has 6 rings (SSSR count). The van der Waals surface area contributed by atoms with Crippen molar-refractivity contribution in [1.29, 1.82) is 0 Å². The molecule has 3 aromatic heterocycles. The summed E-state index contributed by atoms with van der Waals surface area (Å²) in [5, 5.41) is 16.9. The number of aromatic nitrogens is 5. The number of alkyl halides is 1. The Balaban J connectivity index is 1.24. The first kappa shape index (κ1) is 24.1. The number of hydrogen-bond donors (Lipinski definition) is 2. The van der Waals surface area contributed by atoms with Crippen LogP contribution in [0.3, 0.4) is 0 Å². The van der Waals surface area contributed by atoms with Crippen molar-refractivity contribution in [3.8, 4) is 0 Å². The number of aliphatic hydroxyl groups is 1. The highest BCUT2D eigenvalue weighted by Gasteiger charge is 2.36. The zero-order chi connectivity index (χ0) is 26.4. The van der Waals surface area contributed by atoms with Gasteiger partial charge in [-0.3, -0.25) is 4.79 Å². The molecule has 13 heteroatoms. The van der Waals surface area contributed by atoms with Gasteiger partial charge in [-0.05, 0) is 36.8 Å². The van der Waals surface area contributed by atoms with Gasteiger partial charge in [0, 0.05) is 25.1 Å². The van der Waals surface area contributed by atoms with E-state index in [0.717, 1.165) is 18.2 Å². The molecule has 2 aliphatic heterocycles. The van der Waals surface area contributed by atoms with E-state index in [2.05, 4.69) is 25.4 Å². The van der Waals surface area contributed by atoms with Gasteiger partial charge in [-0.2, -0.15) is 4.52 Å². The summed E-state index contributed by atoms with van der Waals surface area (Å²) in [5.74, 6) is -1.35. The number of nitrogens with zero attached hydrogens (tertiary/aromatic N) is 7. The SMILES string of the molecule is O=C(Nc1cnc2ccc(N3C[C@@H](F)C[C@@H]3c3cc(F)ccc3F)nn12)c1ncc(N2CC[C@H](O)C2)cn1. The van der Waals surface area contributed by atoms with Crippen LogP contribution < -0.4 is 15.1 Å². The van der Waals surface area contributed by atoms with E-state index in [9.17, 15) is 23.1 Å². The molecule has 10 nitrogen and oxygen atoms in total. The summed E-state index contributed by atoms with van der Waals surface area (Å²) in [6, 6.07) is 5.62. The van der Waals surface area contributed by atoms with Crippen LogP contribution in [0.2, 0.25) is 0 Å². The molecule has 5 heterocycles. The number of hydrogen-bond acceptors (Lipinski definition) is 8. The maximum absolute atomic E-state index is 14.5. The summed E-state index contributed by atoms with van der Waals surface area (Å²) < 4.78 is 44.2. The molecule has 0 radical (unpaired) electrons. The van der Waals surface area contributed by atoms with Gasteiger partial charge in [-0.25, -0.2) is 28.1 Å². The van der Waals surface area contributed by atoms with E-state index in [1.54, 1.807) is 17.0 Å². The maximum Gasteiger partial charge on any atom is 0.294 e. The van der Waals surface area contributed by atoms with Gasteiger partial charge in [0.05, 0.1) is 43.0 Å². The van der Waals surface area contributed by atoms with Gasteiger partial charge in [-0.1, -0.05) is 0 Å². The third-order valence-electron chi connectivity index (χ3n) is 6.82.